The van der Waals surface area contributed by atoms with Crippen LogP contribution in [0.5, 0.6) is 11.5 Å². The summed E-state index contributed by atoms with van der Waals surface area (Å²) >= 11 is 4.82. The van der Waals surface area contributed by atoms with E-state index in [0.717, 1.165) is 0 Å². The molecule has 2 aromatic carbocycles. The minimum absolute atomic E-state index is 0.00317. The first kappa shape index (κ1) is 13.8. The van der Waals surface area contributed by atoms with Crippen LogP contribution >= 0.6 is 12.2 Å². The van der Waals surface area contributed by atoms with E-state index in [4.69, 9.17) is 28.4 Å². The standard InChI is InChI=1S/C14H12N2O3S/c15-9-3-6-12(17)11(7-9)14(18)19-10-4-1-8(2-5-10)13(16)20/h1-7,17H,15H2,(H2,16,20). The van der Waals surface area contributed by atoms with Gasteiger partial charge in [-0.15, -0.1) is 0 Å². The Balaban J connectivity index is 2.19. The number of hydrogen-bond donors (Lipinski definition) is 3. The minimum atomic E-state index is -0.696. The Kier molecular flexibility index (Phi) is 3.86. The average Bonchev–Trinajstić information content (AvgIpc) is 2.42. The maximum absolute atomic E-state index is 11.9. The molecular weight excluding hydrogens is 276 g/mol. The van der Waals surface area contributed by atoms with Crippen LogP contribution in [0.2, 0.25) is 0 Å². The topological polar surface area (TPSA) is 98.6 Å². The molecule has 5 nitrogen and oxygen atoms in total. The number of esters is 1. The zero-order chi connectivity index (χ0) is 14.7. The van der Waals surface area contributed by atoms with Crippen LogP contribution in [-0.2, 0) is 0 Å². The molecule has 0 fully saturated rings. The second-order valence-corrected chi connectivity index (χ2v) is 4.49. The smallest absolute Gasteiger partial charge is 0.347 e. The Morgan fingerprint density at radius 3 is 2.40 bits per heavy atom. The number of anilines is 1. The lowest BCUT2D eigenvalue weighted by Gasteiger charge is -2.07. The van der Waals surface area contributed by atoms with Crippen LogP contribution < -0.4 is 16.2 Å². The van der Waals surface area contributed by atoms with Gasteiger partial charge in [0, 0.05) is 11.3 Å². The lowest BCUT2D eigenvalue weighted by Crippen LogP contribution is -2.11. The minimum Gasteiger partial charge on any atom is -0.507 e. The largest absolute Gasteiger partial charge is 0.507 e. The lowest BCUT2D eigenvalue weighted by atomic mass is 10.2. The summed E-state index contributed by atoms with van der Waals surface area (Å²) in [6.45, 7) is 0. The summed E-state index contributed by atoms with van der Waals surface area (Å²) in [6, 6.07) is 10.6. The summed E-state index contributed by atoms with van der Waals surface area (Å²) in [5.41, 5.74) is 12.1. The quantitative estimate of drug-likeness (QED) is 0.262. The van der Waals surface area contributed by atoms with Gasteiger partial charge in [0.25, 0.3) is 0 Å². The summed E-state index contributed by atoms with van der Waals surface area (Å²) < 4.78 is 5.13. The second-order valence-electron chi connectivity index (χ2n) is 4.05. The van der Waals surface area contributed by atoms with Crippen molar-refractivity contribution < 1.29 is 14.6 Å². The highest BCUT2D eigenvalue weighted by atomic mass is 32.1. The Morgan fingerprint density at radius 1 is 1.15 bits per heavy atom. The third kappa shape index (κ3) is 3.04. The summed E-state index contributed by atoms with van der Waals surface area (Å²) in [5.74, 6) is -0.571. The summed E-state index contributed by atoms with van der Waals surface area (Å²) in [7, 11) is 0. The van der Waals surface area contributed by atoms with Crippen LogP contribution in [0.1, 0.15) is 15.9 Å². The van der Waals surface area contributed by atoms with E-state index in [9.17, 15) is 9.90 Å². The van der Waals surface area contributed by atoms with Crippen LogP contribution in [0.25, 0.3) is 0 Å². The van der Waals surface area contributed by atoms with Gasteiger partial charge in [-0.2, -0.15) is 0 Å². The van der Waals surface area contributed by atoms with Crippen molar-refractivity contribution in [3.8, 4) is 11.5 Å². The van der Waals surface area contributed by atoms with Gasteiger partial charge in [-0.1, -0.05) is 12.2 Å². The number of aromatic hydroxyl groups is 1. The molecule has 0 aromatic heterocycles. The van der Waals surface area contributed by atoms with Gasteiger partial charge in [-0.25, -0.2) is 4.79 Å². The highest BCUT2D eigenvalue weighted by Crippen LogP contribution is 2.22. The number of phenolic OH excluding ortho intramolecular Hbond substituents is 1. The van der Waals surface area contributed by atoms with E-state index in [0.29, 0.717) is 17.0 Å². The van der Waals surface area contributed by atoms with Crippen LogP contribution in [0.4, 0.5) is 5.69 Å². The number of rotatable bonds is 3. The van der Waals surface area contributed by atoms with Crippen LogP contribution in [0.15, 0.2) is 42.5 Å². The fourth-order valence-corrected chi connectivity index (χ4v) is 1.70. The van der Waals surface area contributed by atoms with Crippen molar-refractivity contribution in [2.75, 3.05) is 5.73 Å². The first-order chi connectivity index (χ1) is 9.47. The van der Waals surface area contributed by atoms with Gasteiger partial charge in [0.2, 0.25) is 0 Å². The Labute approximate surface area is 120 Å². The van der Waals surface area contributed by atoms with Crippen LogP contribution in [0, 0.1) is 0 Å². The Bertz CT molecular complexity index is 669. The van der Waals surface area contributed by atoms with E-state index in [1.165, 1.54) is 18.2 Å². The average molecular weight is 288 g/mol. The van der Waals surface area contributed by atoms with Gasteiger partial charge in [0.1, 0.15) is 22.1 Å². The second kappa shape index (κ2) is 5.58. The fraction of sp³-hybridized carbons (Fsp3) is 0. The maximum atomic E-state index is 11.9. The molecule has 0 amide bonds. The molecule has 0 saturated heterocycles. The monoisotopic (exact) mass is 288 g/mol. The molecular formula is C14H12N2O3S. The van der Waals surface area contributed by atoms with Crippen molar-refractivity contribution in [3.63, 3.8) is 0 Å². The van der Waals surface area contributed by atoms with E-state index >= 15 is 0 Å². The number of carbonyl (C=O) groups is 1. The van der Waals surface area contributed by atoms with Crippen LogP contribution in [0.3, 0.4) is 0 Å². The van der Waals surface area contributed by atoms with Gasteiger partial charge in [-0.05, 0) is 42.5 Å². The first-order valence-corrected chi connectivity index (χ1v) is 6.09. The zero-order valence-corrected chi connectivity index (χ0v) is 11.2. The highest BCUT2D eigenvalue weighted by molar-refractivity contribution is 7.80. The molecule has 0 aliphatic carbocycles. The summed E-state index contributed by atoms with van der Waals surface area (Å²) in [4.78, 5) is 12.2. The molecule has 0 aliphatic rings. The Hall–Kier alpha value is -2.60. The SMILES string of the molecule is NC(=S)c1ccc(OC(=O)c2cc(N)ccc2O)cc1. The fourth-order valence-electron chi connectivity index (χ4n) is 1.57. The predicted molar refractivity (Wildman–Crippen MR) is 79.8 cm³/mol. The normalized spacial score (nSPS) is 10.0. The van der Waals surface area contributed by atoms with Crippen molar-refractivity contribution in [1.82, 2.24) is 0 Å². The molecule has 0 spiro atoms. The van der Waals surface area contributed by atoms with Gasteiger partial charge < -0.3 is 21.3 Å². The third-order valence-electron chi connectivity index (χ3n) is 2.59. The number of nitrogen functional groups attached to an aromatic ring is 1. The summed E-state index contributed by atoms with van der Waals surface area (Å²) in [6.07, 6.45) is 0. The van der Waals surface area contributed by atoms with E-state index in [2.05, 4.69) is 0 Å². The molecule has 0 bridgehead atoms. The van der Waals surface area contributed by atoms with Gasteiger partial charge in [0.05, 0.1) is 0 Å². The van der Waals surface area contributed by atoms with Gasteiger partial charge >= 0.3 is 5.97 Å². The van der Waals surface area contributed by atoms with Gasteiger partial charge in [0.15, 0.2) is 0 Å². The number of ether oxygens (including phenoxy) is 1. The van der Waals surface area contributed by atoms with Crippen LogP contribution in [-0.4, -0.2) is 16.1 Å². The molecule has 2 rings (SSSR count). The zero-order valence-electron chi connectivity index (χ0n) is 10.4. The number of benzene rings is 2. The van der Waals surface area contributed by atoms with Crippen molar-refractivity contribution in [2.45, 2.75) is 0 Å². The van der Waals surface area contributed by atoms with Crippen molar-refractivity contribution in [2.24, 2.45) is 5.73 Å². The highest BCUT2D eigenvalue weighted by Gasteiger charge is 2.14. The van der Waals surface area contributed by atoms with Crippen molar-refractivity contribution in [3.05, 3.63) is 53.6 Å². The van der Waals surface area contributed by atoms with E-state index in [-0.39, 0.29) is 16.3 Å². The molecule has 5 N–H and O–H groups in total. The summed E-state index contributed by atoms with van der Waals surface area (Å²) in [5, 5.41) is 9.61. The van der Waals surface area contributed by atoms with Gasteiger partial charge in [-0.3, -0.25) is 0 Å². The first-order valence-electron chi connectivity index (χ1n) is 5.68. The molecule has 0 atom stereocenters. The van der Waals surface area contributed by atoms with Crippen molar-refractivity contribution >= 4 is 28.9 Å². The Morgan fingerprint density at radius 2 is 1.80 bits per heavy atom. The molecule has 0 radical (unpaired) electrons. The number of carbonyl (C=O) groups excluding carboxylic acids is 1. The number of nitrogens with two attached hydrogens (primary N) is 2. The lowest BCUT2D eigenvalue weighted by molar-refractivity contribution is 0.0731. The molecule has 0 unspecified atom stereocenters. The molecule has 0 saturated carbocycles. The number of hydrogen-bond acceptors (Lipinski definition) is 5. The number of phenols is 1. The van der Waals surface area contributed by atoms with E-state index in [1.807, 2.05) is 0 Å². The van der Waals surface area contributed by atoms with E-state index in [1.54, 1.807) is 24.3 Å². The molecule has 0 heterocycles. The van der Waals surface area contributed by atoms with Crippen molar-refractivity contribution in [1.29, 1.82) is 0 Å². The molecule has 6 heteroatoms. The maximum Gasteiger partial charge on any atom is 0.347 e. The van der Waals surface area contributed by atoms with E-state index < -0.39 is 5.97 Å². The molecule has 102 valence electrons. The molecule has 2 aromatic rings. The molecule has 20 heavy (non-hydrogen) atoms. The molecule has 0 aliphatic heterocycles. The number of thiocarbonyl (C=S) groups is 1. The third-order valence-corrected chi connectivity index (χ3v) is 2.83. The predicted octanol–water partition coefficient (Wildman–Crippen LogP) is 1.83.